The molecule has 1 fully saturated rings. The van der Waals surface area contributed by atoms with Crippen LogP contribution in [-0.4, -0.2) is 35.7 Å². The molecule has 3 heteroatoms. The molecular formula is C15H22FNO. The van der Waals surface area contributed by atoms with Crippen LogP contribution < -0.4 is 0 Å². The highest BCUT2D eigenvalue weighted by atomic mass is 19.1. The molecule has 1 aromatic carbocycles. The number of aliphatic hydroxyl groups is 1. The maximum Gasteiger partial charge on any atom is 0.123 e. The van der Waals surface area contributed by atoms with Gasteiger partial charge in [-0.25, -0.2) is 4.39 Å². The Morgan fingerprint density at radius 3 is 2.78 bits per heavy atom. The van der Waals surface area contributed by atoms with Gasteiger partial charge in [-0.15, -0.1) is 0 Å². The van der Waals surface area contributed by atoms with Gasteiger partial charge in [-0.1, -0.05) is 12.1 Å². The maximum atomic E-state index is 12.8. The van der Waals surface area contributed by atoms with Crippen LogP contribution in [0.25, 0.3) is 0 Å². The Bertz CT molecular complexity index is 365. The molecule has 0 spiro atoms. The van der Waals surface area contributed by atoms with Crippen LogP contribution in [-0.2, 0) is 6.42 Å². The maximum absolute atomic E-state index is 12.8. The van der Waals surface area contributed by atoms with Crippen LogP contribution in [0.1, 0.15) is 25.3 Å². The van der Waals surface area contributed by atoms with Crippen LogP contribution in [0.5, 0.6) is 0 Å². The second kappa shape index (κ2) is 6.30. The fraction of sp³-hybridized carbons (Fsp3) is 0.600. The van der Waals surface area contributed by atoms with Crippen LogP contribution in [0, 0.1) is 11.7 Å². The normalized spacial score (nSPS) is 22.9. The van der Waals surface area contributed by atoms with Gasteiger partial charge < -0.3 is 5.11 Å². The third kappa shape index (κ3) is 3.53. The van der Waals surface area contributed by atoms with Gasteiger partial charge in [0, 0.05) is 19.2 Å². The molecule has 0 radical (unpaired) electrons. The lowest BCUT2D eigenvalue weighted by molar-refractivity contribution is 0.0935. The lowest BCUT2D eigenvalue weighted by Crippen LogP contribution is -2.43. The number of hydrogen-bond donors (Lipinski definition) is 1. The van der Waals surface area contributed by atoms with Crippen molar-refractivity contribution in [3.8, 4) is 0 Å². The molecule has 0 aromatic heterocycles. The average molecular weight is 251 g/mol. The Balaban J connectivity index is 1.90. The van der Waals surface area contributed by atoms with Crippen molar-refractivity contribution in [1.29, 1.82) is 0 Å². The van der Waals surface area contributed by atoms with Crippen molar-refractivity contribution < 1.29 is 9.50 Å². The van der Waals surface area contributed by atoms with Gasteiger partial charge in [-0.05, 0) is 56.3 Å². The van der Waals surface area contributed by atoms with Gasteiger partial charge in [0.25, 0.3) is 0 Å². The minimum absolute atomic E-state index is 0.176. The molecule has 0 unspecified atom stereocenters. The number of hydrogen-bond acceptors (Lipinski definition) is 2. The summed E-state index contributed by atoms with van der Waals surface area (Å²) in [7, 11) is 0. The lowest BCUT2D eigenvalue weighted by Gasteiger charge is -2.36. The Morgan fingerprint density at radius 2 is 2.11 bits per heavy atom. The molecule has 1 heterocycles. The highest BCUT2D eigenvalue weighted by Gasteiger charge is 2.22. The zero-order chi connectivity index (χ0) is 13.0. The van der Waals surface area contributed by atoms with E-state index in [2.05, 4.69) is 11.8 Å². The molecule has 2 atom stereocenters. The van der Waals surface area contributed by atoms with E-state index in [1.165, 1.54) is 24.1 Å². The van der Waals surface area contributed by atoms with Crippen LogP contribution in [0.15, 0.2) is 24.3 Å². The topological polar surface area (TPSA) is 23.5 Å². The first-order valence-electron chi connectivity index (χ1n) is 6.78. The predicted octanol–water partition coefficient (Wildman–Crippen LogP) is 2.46. The summed E-state index contributed by atoms with van der Waals surface area (Å²) >= 11 is 0. The van der Waals surface area contributed by atoms with Gasteiger partial charge >= 0.3 is 0 Å². The number of nitrogens with zero attached hydrogens (tertiary/aromatic N) is 1. The number of aliphatic hydroxyl groups excluding tert-OH is 1. The van der Waals surface area contributed by atoms with E-state index in [4.69, 9.17) is 0 Å². The van der Waals surface area contributed by atoms with Crippen LogP contribution in [0.3, 0.4) is 0 Å². The second-order valence-electron chi connectivity index (χ2n) is 5.37. The second-order valence-corrected chi connectivity index (χ2v) is 5.37. The summed E-state index contributed by atoms with van der Waals surface area (Å²) in [4.78, 5) is 2.44. The number of halogens is 1. The van der Waals surface area contributed by atoms with Crippen LogP contribution in [0.4, 0.5) is 4.39 Å². The standard InChI is InChI=1S/C15H22FNO/c1-12(9-13-4-6-15(16)7-5-13)17-8-2-3-14(10-17)11-18/h4-7,12,14,18H,2-3,8-11H2,1H3/t12-,14+/m1/s1. The summed E-state index contributed by atoms with van der Waals surface area (Å²) in [6.07, 6.45) is 3.24. The van der Waals surface area contributed by atoms with Crippen LogP contribution in [0.2, 0.25) is 0 Å². The number of benzene rings is 1. The summed E-state index contributed by atoms with van der Waals surface area (Å²) in [5, 5.41) is 9.24. The minimum atomic E-state index is -0.176. The van der Waals surface area contributed by atoms with Gasteiger partial charge in [-0.2, -0.15) is 0 Å². The summed E-state index contributed by atoms with van der Waals surface area (Å²) < 4.78 is 12.8. The third-order valence-corrected chi connectivity index (χ3v) is 3.88. The van der Waals surface area contributed by atoms with Crippen molar-refractivity contribution in [1.82, 2.24) is 4.90 Å². The Kier molecular flexibility index (Phi) is 4.72. The van der Waals surface area contributed by atoms with Crippen LogP contribution >= 0.6 is 0 Å². The molecule has 0 bridgehead atoms. The molecule has 0 amide bonds. The number of piperidine rings is 1. The van der Waals surface area contributed by atoms with Gasteiger partial charge in [0.2, 0.25) is 0 Å². The fourth-order valence-electron chi connectivity index (χ4n) is 2.74. The van der Waals surface area contributed by atoms with E-state index in [1.54, 1.807) is 0 Å². The highest BCUT2D eigenvalue weighted by molar-refractivity contribution is 5.17. The van der Waals surface area contributed by atoms with Gasteiger partial charge in [0.05, 0.1) is 0 Å². The molecule has 1 aliphatic rings. The number of likely N-dealkylation sites (tertiary alicyclic amines) is 1. The zero-order valence-electron chi connectivity index (χ0n) is 11.0. The first kappa shape index (κ1) is 13.5. The van der Waals surface area contributed by atoms with Crippen molar-refractivity contribution in [3.63, 3.8) is 0 Å². The summed E-state index contributed by atoms with van der Waals surface area (Å²) in [6, 6.07) is 7.21. The molecule has 2 nitrogen and oxygen atoms in total. The number of rotatable bonds is 4. The minimum Gasteiger partial charge on any atom is -0.396 e. The lowest BCUT2D eigenvalue weighted by atomic mass is 9.96. The van der Waals surface area contributed by atoms with E-state index >= 15 is 0 Å². The zero-order valence-corrected chi connectivity index (χ0v) is 11.0. The fourth-order valence-corrected chi connectivity index (χ4v) is 2.74. The molecule has 100 valence electrons. The smallest absolute Gasteiger partial charge is 0.123 e. The van der Waals surface area contributed by atoms with E-state index in [0.717, 1.165) is 25.9 Å². The van der Waals surface area contributed by atoms with Crippen molar-refractivity contribution in [2.24, 2.45) is 5.92 Å². The Morgan fingerprint density at radius 1 is 1.39 bits per heavy atom. The first-order chi connectivity index (χ1) is 8.69. The predicted molar refractivity (Wildman–Crippen MR) is 70.9 cm³/mol. The van der Waals surface area contributed by atoms with E-state index < -0.39 is 0 Å². The van der Waals surface area contributed by atoms with Gasteiger partial charge in [0.1, 0.15) is 5.82 Å². The van der Waals surface area contributed by atoms with Crippen molar-refractivity contribution >= 4 is 0 Å². The molecule has 0 aliphatic carbocycles. The van der Waals surface area contributed by atoms with E-state index in [0.29, 0.717) is 18.6 Å². The monoisotopic (exact) mass is 251 g/mol. The average Bonchev–Trinajstić information content (AvgIpc) is 2.41. The molecule has 1 N–H and O–H groups in total. The SMILES string of the molecule is C[C@H](Cc1ccc(F)cc1)N1CCC[C@H](CO)C1. The summed E-state index contributed by atoms with van der Waals surface area (Å²) in [5.41, 5.74) is 1.18. The molecular weight excluding hydrogens is 229 g/mol. The molecule has 1 saturated heterocycles. The third-order valence-electron chi connectivity index (χ3n) is 3.88. The van der Waals surface area contributed by atoms with Crippen molar-refractivity contribution in [2.45, 2.75) is 32.2 Å². The molecule has 1 aliphatic heterocycles. The van der Waals surface area contributed by atoms with E-state index in [-0.39, 0.29) is 5.82 Å². The quantitative estimate of drug-likeness (QED) is 0.888. The molecule has 1 aromatic rings. The highest BCUT2D eigenvalue weighted by Crippen LogP contribution is 2.19. The summed E-state index contributed by atoms with van der Waals surface area (Å²) in [5.74, 6) is 0.249. The first-order valence-corrected chi connectivity index (χ1v) is 6.78. The summed E-state index contributed by atoms with van der Waals surface area (Å²) in [6.45, 7) is 4.60. The molecule has 0 saturated carbocycles. The Hall–Kier alpha value is -0.930. The van der Waals surface area contributed by atoms with E-state index in [9.17, 15) is 9.50 Å². The largest absolute Gasteiger partial charge is 0.396 e. The van der Waals surface area contributed by atoms with Crippen molar-refractivity contribution in [3.05, 3.63) is 35.6 Å². The van der Waals surface area contributed by atoms with Gasteiger partial charge in [0.15, 0.2) is 0 Å². The van der Waals surface area contributed by atoms with Gasteiger partial charge in [-0.3, -0.25) is 4.90 Å². The van der Waals surface area contributed by atoms with Crippen molar-refractivity contribution in [2.75, 3.05) is 19.7 Å². The van der Waals surface area contributed by atoms with E-state index in [1.807, 2.05) is 12.1 Å². The molecule has 2 rings (SSSR count). The molecule has 18 heavy (non-hydrogen) atoms. The Labute approximate surface area is 108 Å².